The molecule has 32 heavy (non-hydrogen) atoms. The molecule has 4 rings (SSSR count). The largest absolute Gasteiger partial charge is 0.492 e. The predicted molar refractivity (Wildman–Crippen MR) is 129 cm³/mol. The Kier molecular flexibility index (Phi) is 6.56. The van der Waals surface area contributed by atoms with Gasteiger partial charge in [-0.1, -0.05) is 13.8 Å². The monoisotopic (exact) mass is 438 g/mol. The Morgan fingerprint density at radius 1 is 0.625 bits per heavy atom. The summed E-state index contributed by atoms with van der Waals surface area (Å²) in [6.07, 6.45) is 2.17. The summed E-state index contributed by atoms with van der Waals surface area (Å²) in [5, 5.41) is 0. The second kappa shape index (κ2) is 9.07. The molecule has 0 saturated carbocycles. The van der Waals surface area contributed by atoms with E-state index in [9.17, 15) is 0 Å². The maximum Gasteiger partial charge on any atom is 0.125 e. The first-order chi connectivity index (χ1) is 15.3. The molecule has 0 radical (unpaired) electrons. The average Bonchev–Trinajstić information content (AvgIpc) is 2.69. The van der Waals surface area contributed by atoms with E-state index in [-0.39, 0.29) is 10.8 Å². The quantitative estimate of drug-likeness (QED) is 0.467. The third kappa shape index (κ3) is 4.40. The van der Waals surface area contributed by atoms with Gasteiger partial charge in [-0.2, -0.15) is 0 Å². The summed E-state index contributed by atoms with van der Waals surface area (Å²) in [4.78, 5) is 0. The van der Waals surface area contributed by atoms with Crippen molar-refractivity contribution in [1.82, 2.24) is 0 Å². The van der Waals surface area contributed by atoms with E-state index in [4.69, 9.17) is 18.9 Å². The first-order valence-electron chi connectivity index (χ1n) is 11.9. The molecule has 2 aromatic carbocycles. The number of hydrogen-bond donors (Lipinski definition) is 0. The Hall–Kier alpha value is -2.04. The predicted octanol–water partition coefficient (Wildman–Crippen LogP) is 6.20. The van der Waals surface area contributed by atoms with Gasteiger partial charge in [0.05, 0.1) is 50.5 Å². The molecule has 2 fully saturated rings. The van der Waals surface area contributed by atoms with Gasteiger partial charge in [0.15, 0.2) is 0 Å². The Bertz CT molecular complexity index is 833. The highest BCUT2D eigenvalue weighted by atomic mass is 16.5. The van der Waals surface area contributed by atoms with E-state index in [0.29, 0.717) is 0 Å². The zero-order valence-electron chi connectivity index (χ0n) is 20.6. The minimum absolute atomic E-state index is 0.184. The van der Waals surface area contributed by atoms with Crippen LogP contribution in [0.4, 0.5) is 0 Å². The van der Waals surface area contributed by atoms with Crippen LogP contribution >= 0.6 is 0 Å². The second-order valence-electron chi connectivity index (χ2n) is 10.1. The first-order valence-corrected chi connectivity index (χ1v) is 11.9. The minimum atomic E-state index is 0.184. The third-order valence-corrected chi connectivity index (χ3v) is 7.43. The number of ether oxygens (including phenoxy) is 4. The molecule has 0 aliphatic carbocycles. The van der Waals surface area contributed by atoms with Crippen molar-refractivity contribution in [3.05, 3.63) is 46.5 Å². The number of benzene rings is 2. The Balaban J connectivity index is 1.51. The molecule has 174 valence electrons. The van der Waals surface area contributed by atoms with Crippen molar-refractivity contribution in [2.24, 2.45) is 10.8 Å². The normalized spacial score (nSPS) is 18.6. The van der Waals surface area contributed by atoms with Gasteiger partial charge in [0.2, 0.25) is 0 Å². The van der Waals surface area contributed by atoms with Gasteiger partial charge in [0.1, 0.15) is 11.5 Å². The lowest BCUT2D eigenvalue weighted by Gasteiger charge is -2.40. The Labute approximate surface area is 193 Å². The van der Waals surface area contributed by atoms with Crippen LogP contribution in [0.5, 0.6) is 11.5 Å². The molecule has 0 atom stereocenters. The Morgan fingerprint density at radius 2 is 0.938 bits per heavy atom. The van der Waals surface area contributed by atoms with E-state index in [1.165, 1.54) is 33.4 Å². The van der Waals surface area contributed by atoms with E-state index < -0.39 is 0 Å². The second-order valence-corrected chi connectivity index (χ2v) is 10.1. The van der Waals surface area contributed by atoms with E-state index in [1.54, 1.807) is 0 Å². The summed E-state index contributed by atoms with van der Waals surface area (Å²) in [7, 11) is 0. The van der Waals surface area contributed by atoms with Crippen LogP contribution in [0, 0.1) is 38.5 Å². The molecule has 2 aliphatic rings. The van der Waals surface area contributed by atoms with Gasteiger partial charge in [-0.15, -0.1) is 0 Å². The molecule has 2 heterocycles. The minimum Gasteiger partial charge on any atom is -0.492 e. The molecule has 2 aromatic rings. The molecule has 4 nitrogen and oxygen atoms in total. The number of aryl methyl sites for hydroxylation is 4. The molecule has 0 spiro atoms. The van der Waals surface area contributed by atoms with Crippen molar-refractivity contribution in [3.63, 3.8) is 0 Å². The maximum atomic E-state index is 6.30. The lowest BCUT2D eigenvalue weighted by atomic mass is 9.84. The van der Waals surface area contributed by atoms with Crippen molar-refractivity contribution in [1.29, 1.82) is 0 Å². The van der Waals surface area contributed by atoms with Crippen LogP contribution in [0.25, 0.3) is 11.1 Å². The van der Waals surface area contributed by atoms with E-state index in [1.807, 2.05) is 0 Å². The average molecular weight is 439 g/mol. The lowest BCUT2D eigenvalue weighted by Crippen LogP contribution is -2.46. The molecule has 0 N–H and O–H groups in total. The first kappa shape index (κ1) is 23.1. The lowest BCUT2D eigenvalue weighted by molar-refractivity contribution is -0.133. The highest BCUT2D eigenvalue weighted by Gasteiger charge is 2.38. The van der Waals surface area contributed by atoms with Gasteiger partial charge in [0.25, 0.3) is 0 Å². The van der Waals surface area contributed by atoms with Crippen molar-refractivity contribution in [3.8, 4) is 22.6 Å². The summed E-state index contributed by atoms with van der Waals surface area (Å²) < 4.78 is 23.5. The Morgan fingerprint density at radius 3 is 1.16 bits per heavy atom. The molecule has 2 saturated heterocycles. The van der Waals surface area contributed by atoms with Crippen molar-refractivity contribution < 1.29 is 18.9 Å². The molecule has 0 bridgehead atoms. The van der Waals surface area contributed by atoms with E-state index in [2.05, 4.69) is 65.8 Å². The fourth-order valence-electron chi connectivity index (χ4n) is 4.70. The third-order valence-electron chi connectivity index (χ3n) is 7.43. The van der Waals surface area contributed by atoms with Crippen LogP contribution in [-0.4, -0.2) is 39.6 Å². The smallest absolute Gasteiger partial charge is 0.125 e. The van der Waals surface area contributed by atoms with Gasteiger partial charge < -0.3 is 18.9 Å². The van der Waals surface area contributed by atoms with Crippen LogP contribution in [0.2, 0.25) is 0 Å². The maximum absolute atomic E-state index is 6.30. The highest BCUT2D eigenvalue weighted by molar-refractivity contribution is 5.70. The van der Waals surface area contributed by atoms with Crippen LogP contribution < -0.4 is 9.47 Å². The van der Waals surface area contributed by atoms with E-state index in [0.717, 1.165) is 64.0 Å². The number of hydrogen-bond acceptors (Lipinski definition) is 4. The fourth-order valence-corrected chi connectivity index (χ4v) is 4.70. The van der Waals surface area contributed by atoms with Gasteiger partial charge in [-0.05, 0) is 98.2 Å². The number of rotatable bonds is 9. The molecule has 2 aliphatic heterocycles. The van der Waals surface area contributed by atoms with Gasteiger partial charge in [0, 0.05) is 0 Å². The molecular formula is C28H38O4. The summed E-state index contributed by atoms with van der Waals surface area (Å²) in [5.74, 6) is 2.02. The fraction of sp³-hybridized carbons (Fsp3) is 0.571. The van der Waals surface area contributed by atoms with Gasteiger partial charge >= 0.3 is 0 Å². The summed E-state index contributed by atoms with van der Waals surface area (Å²) in [6, 6.07) is 8.96. The summed E-state index contributed by atoms with van der Waals surface area (Å²) in [5.41, 5.74) is 7.52. The topological polar surface area (TPSA) is 36.9 Å². The molecule has 0 aromatic heterocycles. The zero-order valence-corrected chi connectivity index (χ0v) is 20.6. The van der Waals surface area contributed by atoms with Crippen molar-refractivity contribution in [2.75, 3.05) is 39.6 Å². The van der Waals surface area contributed by atoms with Crippen LogP contribution in [0.1, 0.15) is 48.9 Å². The van der Waals surface area contributed by atoms with E-state index >= 15 is 0 Å². The van der Waals surface area contributed by atoms with Crippen LogP contribution in [0.15, 0.2) is 24.3 Å². The summed E-state index contributed by atoms with van der Waals surface area (Å²) in [6.45, 7) is 17.7. The van der Waals surface area contributed by atoms with Crippen LogP contribution in [0.3, 0.4) is 0 Å². The van der Waals surface area contributed by atoms with Gasteiger partial charge in [-0.25, -0.2) is 0 Å². The highest BCUT2D eigenvalue weighted by Crippen LogP contribution is 2.38. The standard InChI is InChI=1S/C28H38O4/c1-7-27(13-29-14-27)17-31-25-19(3)9-23(10-20(25)4)24-11-21(5)26(22(6)12-24)32-18-28(8-2)15-30-16-28/h9-12H,7-8,13-18H2,1-6H3. The summed E-state index contributed by atoms with van der Waals surface area (Å²) >= 11 is 0. The van der Waals surface area contributed by atoms with Gasteiger partial charge in [-0.3, -0.25) is 0 Å². The zero-order chi connectivity index (χ0) is 22.9. The van der Waals surface area contributed by atoms with Crippen LogP contribution in [-0.2, 0) is 9.47 Å². The van der Waals surface area contributed by atoms with Crippen molar-refractivity contribution in [2.45, 2.75) is 54.4 Å². The molecule has 0 unspecified atom stereocenters. The molecule has 4 heteroatoms. The van der Waals surface area contributed by atoms with Crippen molar-refractivity contribution >= 4 is 0 Å². The SMILES string of the molecule is CCC1(COc2c(C)cc(-c3cc(C)c(OCC4(CC)COC4)c(C)c3)cc2C)COC1. The molecular weight excluding hydrogens is 400 g/mol. The molecule has 0 amide bonds.